The van der Waals surface area contributed by atoms with Gasteiger partial charge in [0.15, 0.2) is 0 Å². The van der Waals surface area contributed by atoms with Gasteiger partial charge in [-0.15, -0.1) is 0 Å². The number of aliphatic carboxylic acids is 1. The van der Waals surface area contributed by atoms with Gasteiger partial charge in [0.05, 0.1) is 5.92 Å². The van der Waals surface area contributed by atoms with Crippen LogP contribution in [0.4, 0.5) is 0 Å². The maximum atomic E-state index is 10.7. The second-order valence-electron chi connectivity index (χ2n) is 2.73. The van der Waals surface area contributed by atoms with Gasteiger partial charge in [-0.3, -0.25) is 4.79 Å². The third-order valence-electron chi connectivity index (χ3n) is 1.81. The number of hydrogen-bond donors (Lipinski definition) is 1. The predicted molar refractivity (Wildman–Crippen MR) is 57.9 cm³/mol. The van der Waals surface area contributed by atoms with Crippen molar-refractivity contribution in [3.63, 3.8) is 0 Å². The van der Waals surface area contributed by atoms with Gasteiger partial charge in [-0.05, 0) is 56.5 Å². The molecule has 0 bridgehead atoms. The van der Waals surface area contributed by atoms with Gasteiger partial charge in [-0.2, -0.15) is 0 Å². The van der Waals surface area contributed by atoms with Gasteiger partial charge in [-0.25, -0.2) is 0 Å². The van der Waals surface area contributed by atoms with Crippen LogP contribution in [0, 0.1) is 0 Å². The van der Waals surface area contributed by atoms with Crippen molar-refractivity contribution in [1.82, 2.24) is 0 Å². The summed E-state index contributed by atoms with van der Waals surface area (Å²) in [7, 11) is 0. The fourth-order valence-corrected chi connectivity index (χ4v) is 1.57. The van der Waals surface area contributed by atoms with Crippen LogP contribution in [-0.2, 0) is 4.79 Å². The molecule has 1 aromatic carbocycles. The quantitative estimate of drug-likeness (QED) is 0.909. The highest BCUT2D eigenvalue weighted by Gasteiger charge is 2.13. The SMILES string of the molecule is CC(C(=O)O)c1ccc(Br)c(Br)c1. The maximum Gasteiger partial charge on any atom is 0.310 e. The first-order valence-electron chi connectivity index (χ1n) is 3.70. The lowest BCUT2D eigenvalue weighted by Gasteiger charge is -2.07. The number of carbonyl (C=O) groups is 1. The van der Waals surface area contributed by atoms with Gasteiger partial charge in [0, 0.05) is 8.95 Å². The molecule has 0 spiro atoms. The molecule has 2 nitrogen and oxygen atoms in total. The Hall–Kier alpha value is -0.350. The first kappa shape index (κ1) is 10.7. The Balaban J connectivity index is 3.03. The fraction of sp³-hybridized carbons (Fsp3) is 0.222. The van der Waals surface area contributed by atoms with Crippen LogP contribution in [0.2, 0.25) is 0 Å². The molecule has 0 heterocycles. The van der Waals surface area contributed by atoms with E-state index < -0.39 is 11.9 Å². The highest BCUT2D eigenvalue weighted by molar-refractivity contribution is 9.13. The molecule has 1 unspecified atom stereocenters. The number of rotatable bonds is 2. The molecule has 0 saturated carbocycles. The van der Waals surface area contributed by atoms with Crippen LogP contribution in [0.1, 0.15) is 18.4 Å². The van der Waals surface area contributed by atoms with Crippen molar-refractivity contribution in [2.75, 3.05) is 0 Å². The molecular weight excluding hydrogens is 300 g/mol. The monoisotopic (exact) mass is 306 g/mol. The van der Waals surface area contributed by atoms with E-state index in [1.807, 2.05) is 12.1 Å². The molecule has 0 saturated heterocycles. The van der Waals surface area contributed by atoms with E-state index >= 15 is 0 Å². The summed E-state index contributed by atoms with van der Waals surface area (Å²) in [5.41, 5.74) is 0.794. The van der Waals surface area contributed by atoms with Crippen molar-refractivity contribution in [2.45, 2.75) is 12.8 Å². The maximum absolute atomic E-state index is 10.7. The van der Waals surface area contributed by atoms with Gasteiger partial charge >= 0.3 is 5.97 Å². The summed E-state index contributed by atoms with van der Waals surface area (Å²) >= 11 is 6.64. The fourth-order valence-electron chi connectivity index (χ4n) is 0.924. The van der Waals surface area contributed by atoms with Crippen molar-refractivity contribution in [3.05, 3.63) is 32.7 Å². The Bertz CT molecular complexity index is 336. The first-order valence-corrected chi connectivity index (χ1v) is 5.28. The molecule has 0 aromatic heterocycles. The molecule has 1 N–H and O–H groups in total. The average Bonchev–Trinajstić information content (AvgIpc) is 2.08. The minimum Gasteiger partial charge on any atom is -0.481 e. The predicted octanol–water partition coefficient (Wildman–Crippen LogP) is 3.40. The zero-order valence-electron chi connectivity index (χ0n) is 6.92. The zero-order valence-corrected chi connectivity index (χ0v) is 10.1. The minimum absolute atomic E-state index is 0.468. The van der Waals surface area contributed by atoms with Crippen molar-refractivity contribution in [3.8, 4) is 0 Å². The Kier molecular flexibility index (Phi) is 3.50. The number of halogens is 2. The molecule has 0 radical (unpaired) electrons. The van der Waals surface area contributed by atoms with E-state index in [0.29, 0.717) is 0 Å². The Labute approximate surface area is 93.2 Å². The molecule has 0 fully saturated rings. The summed E-state index contributed by atoms with van der Waals surface area (Å²) in [6.45, 7) is 1.66. The molecule has 0 aliphatic carbocycles. The lowest BCUT2D eigenvalue weighted by molar-refractivity contribution is -0.138. The van der Waals surface area contributed by atoms with E-state index in [-0.39, 0.29) is 0 Å². The summed E-state index contributed by atoms with van der Waals surface area (Å²) in [5.74, 6) is -1.28. The van der Waals surface area contributed by atoms with Crippen LogP contribution in [0.15, 0.2) is 27.1 Å². The molecule has 4 heteroatoms. The minimum atomic E-state index is -0.811. The molecule has 13 heavy (non-hydrogen) atoms. The molecule has 0 aliphatic rings. The van der Waals surface area contributed by atoms with Crippen LogP contribution in [0.25, 0.3) is 0 Å². The zero-order chi connectivity index (χ0) is 10.0. The van der Waals surface area contributed by atoms with Crippen molar-refractivity contribution in [2.24, 2.45) is 0 Å². The van der Waals surface area contributed by atoms with Crippen molar-refractivity contribution >= 4 is 37.8 Å². The largest absolute Gasteiger partial charge is 0.481 e. The normalized spacial score (nSPS) is 12.5. The van der Waals surface area contributed by atoms with E-state index in [1.54, 1.807) is 13.0 Å². The van der Waals surface area contributed by atoms with Crippen LogP contribution < -0.4 is 0 Å². The van der Waals surface area contributed by atoms with Gasteiger partial charge in [-0.1, -0.05) is 6.07 Å². The number of carboxylic acid groups (broad SMARTS) is 1. The topological polar surface area (TPSA) is 37.3 Å². The Morgan fingerprint density at radius 1 is 1.38 bits per heavy atom. The Morgan fingerprint density at radius 2 is 2.00 bits per heavy atom. The highest BCUT2D eigenvalue weighted by Crippen LogP contribution is 2.27. The third-order valence-corrected chi connectivity index (χ3v) is 3.69. The van der Waals surface area contributed by atoms with Gasteiger partial charge < -0.3 is 5.11 Å². The molecule has 1 atom stereocenters. The molecule has 1 rings (SSSR count). The van der Waals surface area contributed by atoms with Crippen LogP contribution >= 0.6 is 31.9 Å². The van der Waals surface area contributed by atoms with Crippen LogP contribution in [-0.4, -0.2) is 11.1 Å². The van der Waals surface area contributed by atoms with E-state index in [9.17, 15) is 4.79 Å². The van der Waals surface area contributed by atoms with Gasteiger partial charge in [0.25, 0.3) is 0 Å². The van der Waals surface area contributed by atoms with Crippen LogP contribution in [0.5, 0.6) is 0 Å². The Morgan fingerprint density at radius 3 is 2.46 bits per heavy atom. The lowest BCUT2D eigenvalue weighted by Crippen LogP contribution is -2.07. The molecule has 0 aliphatic heterocycles. The summed E-state index contributed by atoms with van der Waals surface area (Å²) in [6.07, 6.45) is 0. The smallest absolute Gasteiger partial charge is 0.310 e. The summed E-state index contributed by atoms with van der Waals surface area (Å²) in [5, 5.41) is 8.77. The van der Waals surface area contributed by atoms with Gasteiger partial charge in [0.2, 0.25) is 0 Å². The van der Waals surface area contributed by atoms with Crippen LogP contribution in [0.3, 0.4) is 0 Å². The standard InChI is InChI=1S/C9H8Br2O2/c1-5(9(12)13)6-2-3-7(10)8(11)4-6/h2-5H,1H3,(H,12,13). The number of hydrogen-bond acceptors (Lipinski definition) is 1. The summed E-state index contributed by atoms with van der Waals surface area (Å²) < 4.78 is 1.80. The third kappa shape index (κ3) is 2.54. The van der Waals surface area contributed by atoms with E-state index in [1.165, 1.54) is 0 Å². The van der Waals surface area contributed by atoms with Crippen molar-refractivity contribution in [1.29, 1.82) is 0 Å². The second kappa shape index (κ2) is 4.24. The van der Waals surface area contributed by atoms with E-state index in [0.717, 1.165) is 14.5 Å². The molecular formula is C9H8Br2O2. The highest BCUT2D eigenvalue weighted by atomic mass is 79.9. The first-order chi connectivity index (χ1) is 6.02. The summed E-state index contributed by atoms with van der Waals surface area (Å²) in [4.78, 5) is 10.7. The van der Waals surface area contributed by atoms with E-state index in [2.05, 4.69) is 31.9 Å². The average molecular weight is 308 g/mol. The number of benzene rings is 1. The molecule has 70 valence electrons. The molecule has 0 amide bonds. The van der Waals surface area contributed by atoms with Gasteiger partial charge in [0.1, 0.15) is 0 Å². The van der Waals surface area contributed by atoms with Crippen molar-refractivity contribution < 1.29 is 9.90 Å². The van der Waals surface area contributed by atoms with E-state index in [4.69, 9.17) is 5.11 Å². The second-order valence-corrected chi connectivity index (χ2v) is 4.44. The molecule has 1 aromatic rings. The lowest BCUT2D eigenvalue weighted by atomic mass is 10.0. The number of carboxylic acids is 1. The summed E-state index contributed by atoms with van der Waals surface area (Å²) in [6, 6.07) is 5.44.